The predicted octanol–water partition coefficient (Wildman–Crippen LogP) is 33.6. The maximum atomic E-state index is 5.30. The van der Waals surface area contributed by atoms with E-state index < -0.39 is 0 Å². The minimum atomic E-state index is 0. The van der Waals surface area contributed by atoms with Crippen LogP contribution >= 0.6 is 22.7 Å². The SMILES string of the molecule is C.C.c1ccc(-c2cccc(-c3nc(-c4cccc(-c5ccccc5)c4)nc(-c4ccc(-n5c6ccccc6c6ccc(-c7cccc8c7sc7ccccc78)cc65)c(-c5ccccc5)c4)n3)c2)cc1.c1ccc(-c2cccc(-c3nc(-c4ccccc4)nc(-c4ccc(-n5c6ccccc6c6ccc(-c7cccc8c7sc7ccccc78)cc65)c(-c5ccccc5)c4)n3)c2)cc1. The quantitative estimate of drug-likeness (QED) is 0.102. The molecule has 0 aliphatic heterocycles. The topological polar surface area (TPSA) is 87.2 Å². The van der Waals surface area contributed by atoms with E-state index in [1.54, 1.807) is 0 Å². The Morgan fingerprint density at radius 3 is 0.773 bits per heavy atom. The summed E-state index contributed by atoms with van der Waals surface area (Å²) >= 11 is 3.74. The lowest BCUT2D eigenvalue weighted by Crippen LogP contribution is -2.02. The van der Waals surface area contributed by atoms with Crippen LogP contribution in [0.1, 0.15) is 14.9 Å². The van der Waals surface area contributed by atoms with Gasteiger partial charge in [0.1, 0.15) is 0 Å². The number of thiophene rings is 2. The van der Waals surface area contributed by atoms with Crippen LogP contribution in [0.25, 0.3) is 242 Å². The zero-order valence-corrected chi connectivity index (χ0v) is 71.9. The minimum Gasteiger partial charge on any atom is -0.309 e. The molecule has 8 nitrogen and oxygen atoms in total. The molecule has 0 amide bonds. The van der Waals surface area contributed by atoms with Crippen LogP contribution in [-0.4, -0.2) is 39.0 Å². The van der Waals surface area contributed by atoms with Crippen LogP contribution in [-0.2, 0) is 0 Å². The molecule has 19 aromatic carbocycles. The zero-order chi connectivity index (χ0) is 86.0. The van der Waals surface area contributed by atoms with Crippen molar-refractivity contribution in [3.05, 3.63) is 461 Å². The number of aromatic nitrogens is 8. The van der Waals surface area contributed by atoms with Crippen LogP contribution in [0.5, 0.6) is 0 Å². The first-order valence-corrected chi connectivity index (χ1v) is 45.4. The molecule has 0 saturated heterocycles. The van der Waals surface area contributed by atoms with Crippen LogP contribution in [0.2, 0.25) is 0 Å². The van der Waals surface area contributed by atoms with Gasteiger partial charge in [0.25, 0.3) is 0 Å². The highest BCUT2D eigenvalue weighted by molar-refractivity contribution is 7.26. The van der Waals surface area contributed by atoms with E-state index in [-0.39, 0.29) is 14.9 Å². The second kappa shape index (κ2) is 34.8. The fourth-order valence-electron chi connectivity index (χ4n) is 18.7. The first kappa shape index (κ1) is 81.0. The molecule has 0 spiro atoms. The second-order valence-corrected chi connectivity index (χ2v) is 34.8. The molecule has 132 heavy (non-hydrogen) atoms. The summed E-state index contributed by atoms with van der Waals surface area (Å²) in [6.07, 6.45) is 0. The van der Waals surface area contributed by atoms with Gasteiger partial charge in [0.15, 0.2) is 34.9 Å². The van der Waals surface area contributed by atoms with Crippen LogP contribution in [0.3, 0.4) is 0 Å². The van der Waals surface area contributed by atoms with E-state index in [0.717, 1.165) is 122 Å². The Bertz CT molecular complexity index is 8560. The van der Waals surface area contributed by atoms with E-state index in [0.29, 0.717) is 34.9 Å². The largest absolute Gasteiger partial charge is 0.309 e. The smallest absolute Gasteiger partial charge is 0.164 e. The highest BCUT2D eigenvalue weighted by atomic mass is 32.1. The van der Waals surface area contributed by atoms with Crippen molar-refractivity contribution >= 4 is 107 Å². The molecule has 10 heteroatoms. The summed E-state index contributed by atoms with van der Waals surface area (Å²) in [5.74, 6) is 3.70. The maximum absolute atomic E-state index is 5.30. The van der Waals surface area contributed by atoms with Gasteiger partial charge in [-0.2, -0.15) is 0 Å². The van der Waals surface area contributed by atoms with E-state index >= 15 is 0 Å². The van der Waals surface area contributed by atoms with E-state index in [1.807, 2.05) is 59.1 Å². The average molecular weight is 1730 g/mol. The van der Waals surface area contributed by atoms with Crippen molar-refractivity contribution in [1.29, 1.82) is 0 Å². The number of hydrogen-bond acceptors (Lipinski definition) is 8. The van der Waals surface area contributed by atoms with Gasteiger partial charge in [0.05, 0.1) is 33.4 Å². The van der Waals surface area contributed by atoms with Crippen molar-refractivity contribution in [2.45, 2.75) is 14.9 Å². The Balaban J connectivity index is 0.000000153. The van der Waals surface area contributed by atoms with Crippen molar-refractivity contribution in [2.75, 3.05) is 0 Å². The molecule has 25 aromatic rings. The van der Waals surface area contributed by atoms with E-state index in [4.69, 9.17) is 29.9 Å². The number of para-hydroxylation sites is 2. The Morgan fingerprint density at radius 2 is 0.409 bits per heavy atom. The molecule has 0 saturated carbocycles. The number of benzene rings is 19. The number of rotatable bonds is 15. The van der Waals surface area contributed by atoms with E-state index in [1.165, 1.54) is 84.1 Å². The third kappa shape index (κ3) is 14.9. The minimum absolute atomic E-state index is 0. The summed E-state index contributed by atoms with van der Waals surface area (Å²) < 4.78 is 10.1. The van der Waals surface area contributed by atoms with Gasteiger partial charge < -0.3 is 9.13 Å². The van der Waals surface area contributed by atoms with Crippen LogP contribution in [0.15, 0.2) is 461 Å². The summed E-state index contributed by atoms with van der Waals surface area (Å²) in [4.78, 5) is 31.3. The second-order valence-electron chi connectivity index (χ2n) is 32.7. The van der Waals surface area contributed by atoms with Gasteiger partial charge in [0, 0.05) is 106 Å². The van der Waals surface area contributed by atoms with Gasteiger partial charge in [-0.25, -0.2) is 29.9 Å². The van der Waals surface area contributed by atoms with Crippen LogP contribution < -0.4 is 0 Å². The summed E-state index contributed by atoms with van der Waals surface area (Å²) in [6, 6.07) is 164. The molecule has 0 radical (unpaired) electrons. The lowest BCUT2D eigenvalue weighted by molar-refractivity contribution is 1.07. The lowest BCUT2D eigenvalue weighted by Gasteiger charge is -2.17. The molecular weight excluding hydrogens is 1640 g/mol. The zero-order valence-electron chi connectivity index (χ0n) is 70.3. The molecule has 0 fully saturated rings. The average Bonchev–Trinajstić information content (AvgIpc) is 1.57. The van der Waals surface area contributed by atoms with Gasteiger partial charge in [-0.1, -0.05) is 385 Å². The van der Waals surface area contributed by atoms with Crippen molar-refractivity contribution in [3.63, 3.8) is 0 Å². The maximum Gasteiger partial charge on any atom is 0.164 e. The highest BCUT2D eigenvalue weighted by Crippen LogP contribution is 2.48. The molecule has 6 heterocycles. The molecule has 0 atom stereocenters. The monoisotopic (exact) mass is 1720 g/mol. The Kier molecular flexibility index (Phi) is 21.3. The normalized spacial score (nSPS) is 11.4. The van der Waals surface area contributed by atoms with Crippen molar-refractivity contribution in [2.24, 2.45) is 0 Å². The first-order valence-electron chi connectivity index (χ1n) is 43.8. The summed E-state index contributed by atoms with van der Waals surface area (Å²) in [5, 5.41) is 10.0. The Morgan fingerprint density at radius 1 is 0.152 bits per heavy atom. The summed E-state index contributed by atoms with van der Waals surface area (Å²) in [5.41, 5.74) is 28.2. The molecule has 0 aliphatic rings. The molecule has 0 N–H and O–H groups in total. The van der Waals surface area contributed by atoms with Crippen LogP contribution in [0, 0.1) is 0 Å². The third-order valence-electron chi connectivity index (χ3n) is 24.9. The van der Waals surface area contributed by atoms with E-state index in [9.17, 15) is 0 Å². The van der Waals surface area contributed by atoms with Gasteiger partial charge in [0.2, 0.25) is 0 Å². The Labute approximate surface area is 773 Å². The molecule has 25 rings (SSSR count). The number of nitrogens with zero attached hydrogens (tertiary/aromatic N) is 8. The van der Waals surface area contributed by atoms with Crippen LogP contribution in [0.4, 0.5) is 0 Å². The fourth-order valence-corrected chi connectivity index (χ4v) is 21.2. The summed E-state index contributed by atoms with van der Waals surface area (Å²) in [7, 11) is 0. The molecule has 0 aliphatic carbocycles. The number of hydrogen-bond donors (Lipinski definition) is 0. The first-order chi connectivity index (χ1) is 64.4. The van der Waals surface area contributed by atoms with Gasteiger partial charge in [-0.15, -0.1) is 22.7 Å². The van der Waals surface area contributed by atoms with Gasteiger partial charge in [-0.3, -0.25) is 0 Å². The Hall–Kier alpha value is -16.8. The molecule has 0 bridgehead atoms. The molecular formula is C122H84N8S2. The fraction of sp³-hybridized carbons (Fsp3) is 0.0164. The summed E-state index contributed by atoms with van der Waals surface area (Å²) in [6.45, 7) is 0. The third-order valence-corrected chi connectivity index (χ3v) is 27.4. The standard InChI is InChI=1S/C63H40N4S.C57H36N4S.2CH4/c1-4-17-41(18-5-1)44-23-14-25-47(37-44)61-64-62(48-26-15-24-45(38-48)42-19-6-2-7-20-42)66-63(65-61)49-34-36-57(55(39-49)43-21-8-3-9-22-43)67-56-31-12-10-27-51(56)52-35-33-46(40-58(52)67)50-29-16-30-54-53-28-11-13-32-59(53)68-60(50)54;1-4-16-37(17-5-1)40-22-14-23-42(34-40)56-58-55(39-20-8-3-9-21-39)59-57(60-56)43-31-33-51(49(35-43)38-18-6-2-7-19-38)61-50-28-12-10-24-45(50)46-32-30-41(36-52(46)61)44-26-15-27-48-47-25-11-13-29-53(47)62-54(44)48;;/h1-40H;1-36H;2*1H4. The van der Waals surface area contributed by atoms with E-state index in [2.05, 4.69) is 434 Å². The van der Waals surface area contributed by atoms with Crippen molar-refractivity contribution in [3.8, 4) is 158 Å². The molecule has 0 unspecified atom stereocenters. The van der Waals surface area contributed by atoms with Gasteiger partial charge >= 0.3 is 0 Å². The van der Waals surface area contributed by atoms with Crippen molar-refractivity contribution < 1.29 is 0 Å². The molecule has 6 aromatic heterocycles. The molecule has 624 valence electrons. The van der Waals surface area contributed by atoms with Crippen molar-refractivity contribution in [1.82, 2.24) is 39.0 Å². The highest BCUT2D eigenvalue weighted by Gasteiger charge is 2.25. The number of fused-ring (bicyclic) bond motifs is 12. The lowest BCUT2D eigenvalue weighted by atomic mass is 9.99. The predicted molar refractivity (Wildman–Crippen MR) is 558 cm³/mol. The van der Waals surface area contributed by atoms with Gasteiger partial charge in [-0.05, 0) is 158 Å².